The van der Waals surface area contributed by atoms with Gasteiger partial charge in [0, 0.05) is 10.6 Å². The van der Waals surface area contributed by atoms with Gasteiger partial charge in [-0.25, -0.2) is 0 Å². The van der Waals surface area contributed by atoms with Crippen LogP contribution in [-0.2, 0) is 15.9 Å². The van der Waals surface area contributed by atoms with E-state index in [-0.39, 0.29) is 0 Å². The highest BCUT2D eigenvalue weighted by Gasteiger charge is 1.99. The summed E-state index contributed by atoms with van der Waals surface area (Å²) < 4.78 is 9.72. The van der Waals surface area contributed by atoms with Crippen LogP contribution in [0.1, 0.15) is 13.3 Å². The van der Waals surface area contributed by atoms with E-state index < -0.39 is 0 Å². The number of rotatable bonds is 3. The van der Waals surface area contributed by atoms with Gasteiger partial charge in [0.25, 0.3) is 0 Å². The minimum Gasteiger partial charge on any atom is -0.0623 e. The maximum Gasteiger partial charge on any atom is 0.458 e. The fraction of sp³-hybridized carbons (Fsp3) is 0.800. The molecule has 0 saturated carbocycles. The molecule has 7 heavy (non-hydrogen) atoms. The van der Waals surface area contributed by atoms with Gasteiger partial charge in [-0.2, -0.15) is 0 Å². The van der Waals surface area contributed by atoms with Crippen LogP contribution in [0.25, 0.3) is 0 Å². The normalized spacial score (nSPS) is 9.57. The van der Waals surface area contributed by atoms with Crippen LogP contribution in [-0.4, -0.2) is 5.75 Å². The Hall–Kier alpha value is 0.0200. The van der Waals surface area contributed by atoms with Crippen LogP contribution in [0.2, 0.25) is 0 Å². The molecule has 0 amide bonds. The summed E-state index contributed by atoms with van der Waals surface area (Å²) in [4.78, 5) is 0. The molecule has 0 heterocycles. The van der Waals surface area contributed by atoms with Crippen LogP contribution in [0.4, 0.5) is 0 Å². The van der Waals surface area contributed by atoms with Gasteiger partial charge >= 0.3 is 11.7 Å². The van der Waals surface area contributed by atoms with Gasteiger partial charge in [0.15, 0.2) is 0 Å². The molecule has 1 radical (unpaired) electrons. The second kappa shape index (κ2) is 4.19. The lowest BCUT2D eigenvalue weighted by Crippen LogP contribution is -1.90. The summed E-state index contributed by atoms with van der Waals surface area (Å²) in [6.45, 7) is 5.73. The Morgan fingerprint density at radius 1 is 1.86 bits per heavy atom. The van der Waals surface area contributed by atoms with E-state index in [0.717, 1.165) is 6.42 Å². The molecule has 0 fully saturated rings. The van der Waals surface area contributed by atoms with Crippen LogP contribution < -0.4 is 0 Å². The first kappa shape index (κ1) is 7.02. The summed E-state index contributed by atoms with van der Waals surface area (Å²) >= 11 is 0.640. The largest absolute Gasteiger partial charge is 0.458 e. The number of hydrogen-bond donors (Lipinski definition) is 0. The van der Waals surface area contributed by atoms with Crippen molar-refractivity contribution in [3.63, 3.8) is 0 Å². The van der Waals surface area contributed by atoms with E-state index in [4.69, 9.17) is 0 Å². The summed E-state index contributed by atoms with van der Waals surface area (Å²) in [7, 11) is 0. The molecule has 0 aromatic heterocycles. The van der Waals surface area contributed by atoms with Gasteiger partial charge in [-0.1, -0.05) is 13.8 Å². The summed E-state index contributed by atoms with van der Waals surface area (Å²) in [5.41, 5.74) is 0. The van der Waals surface area contributed by atoms with E-state index in [1.165, 1.54) is 0 Å². The molecule has 0 rings (SSSR count). The molecule has 1 nitrogen and oxygen atoms in total. The van der Waals surface area contributed by atoms with Crippen molar-refractivity contribution in [2.75, 3.05) is 5.75 Å². The Kier molecular flexibility index (Phi) is 4.20. The van der Waals surface area contributed by atoms with E-state index in [0.29, 0.717) is 23.3 Å². The summed E-state index contributed by atoms with van der Waals surface area (Å²) in [5.74, 6) is 1.13. The highest BCUT2D eigenvalue weighted by atomic mass is 32.1. The van der Waals surface area contributed by atoms with Crippen LogP contribution in [0.5, 0.6) is 0 Å². The third-order valence-corrected chi connectivity index (χ3v) is 1.10. The maximum absolute atomic E-state index is 9.72. The average molecular weight is 118 g/mol. The van der Waals surface area contributed by atoms with Crippen molar-refractivity contribution in [1.29, 1.82) is 0 Å². The monoisotopic (exact) mass is 118 g/mol. The first-order valence-corrected chi connectivity index (χ1v) is 3.26. The quantitative estimate of drug-likeness (QED) is 0.510. The molecule has 0 aliphatic heterocycles. The third-order valence-electron chi connectivity index (χ3n) is 0.694. The van der Waals surface area contributed by atoms with Crippen LogP contribution in [0.3, 0.4) is 0 Å². The van der Waals surface area contributed by atoms with E-state index in [1.54, 1.807) is 0 Å². The highest BCUT2D eigenvalue weighted by Crippen LogP contribution is 1.95. The predicted molar refractivity (Wildman–Crippen MR) is 32.1 cm³/mol. The minimum atomic E-state index is 0.432. The molecule has 0 aliphatic rings. The second-order valence-corrected chi connectivity index (χ2v) is 2.36. The van der Waals surface area contributed by atoms with Crippen molar-refractivity contribution < 1.29 is 4.21 Å². The van der Waals surface area contributed by atoms with Gasteiger partial charge in [-0.05, 0) is 5.92 Å². The molecule has 41 valence electrons. The molecule has 0 spiro atoms. The van der Waals surface area contributed by atoms with Crippen molar-refractivity contribution in [1.82, 2.24) is 0 Å². The zero-order chi connectivity index (χ0) is 5.70. The Morgan fingerprint density at radius 2 is 2.43 bits per heavy atom. The fourth-order valence-electron chi connectivity index (χ4n) is 0.249. The van der Waals surface area contributed by atoms with Crippen molar-refractivity contribution >= 4 is 11.7 Å². The van der Waals surface area contributed by atoms with Crippen LogP contribution >= 0.6 is 0 Å². The lowest BCUT2D eigenvalue weighted by molar-refractivity contribution is 0.599. The van der Waals surface area contributed by atoms with Crippen LogP contribution in [0, 0.1) is 12.8 Å². The van der Waals surface area contributed by atoms with Crippen molar-refractivity contribution in [3.05, 3.63) is 6.92 Å². The Balaban J connectivity index is 2.81. The van der Waals surface area contributed by atoms with E-state index in [2.05, 4.69) is 6.92 Å². The van der Waals surface area contributed by atoms with E-state index >= 15 is 0 Å². The Morgan fingerprint density at radius 3 is 2.57 bits per heavy atom. The SMILES string of the molecule is [CH2]C(C)CC[S+]=O. The Labute approximate surface area is 48.6 Å². The lowest BCUT2D eigenvalue weighted by atomic mass is 10.2. The molecular weight excluding hydrogens is 108 g/mol. The molecule has 0 aliphatic carbocycles. The first-order valence-electron chi connectivity index (χ1n) is 2.35. The van der Waals surface area contributed by atoms with Crippen molar-refractivity contribution in [2.24, 2.45) is 5.92 Å². The summed E-state index contributed by atoms with van der Waals surface area (Å²) in [6.07, 6.45) is 0.939. The molecule has 1 atom stereocenters. The van der Waals surface area contributed by atoms with Gasteiger partial charge in [0.1, 0.15) is 0 Å². The zero-order valence-corrected chi connectivity index (χ0v) is 5.33. The fourth-order valence-corrected chi connectivity index (χ4v) is 0.748. The standard InChI is InChI=1S/C5H10OS/c1-5(2)3-4-7-6/h5H,1,3-4H2,2H3/q+1. The predicted octanol–water partition coefficient (Wildman–Crippen LogP) is 1.27. The van der Waals surface area contributed by atoms with Gasteiger partial charge in [-0.15, -0.1) is 0 Å². The number of hydrogen-bond acceptors (Lipinski definition) is 1. The molecule has 0 aromatic rings. The van der Waals surface area contributed by atoms with Crippen LogP contribution in [0.15, 0.2) is 0 Å². The molecule has 0 N–H and O–H groups in total. The van der Waals surface area contributed by atoms with Crippen molar-refractivity contribution in [2.45, 2.75) is 13.3 Å². The molecule has 2 heteroatoms. The first-order chi connectivity index (χ1) is 3.27. The minimum absolute atomic E-state index is 0.432. The van der Waals surface area contributed by atoms with Gasteiger partial charge in [-0.3, -0.25) is 0 Å². The van der Waals surface area contributed by atoms with E-state index in [9.17, 15) is 4.21 Å². The second-order valence-electron chi connectivity index (χ2n) is 1.72. The zero-order valence-electron chi connectivity index (χ0n) is 4.52. The summed E-state index contributed by atoms with van der Waals surface area (Å²) in [5, 5.41) is 0. The topological polar surface area (TPSA) is 17.1 Å². The Bertz CT molecular complexity index is 52.0. The molecule has 0 saturated heterocycles. The highest BCUT2D eigenvalue weighted by molar-refractivity contribution is 7.65. The molecular formula is C5H10OS+. The maximum atomic E-state index is 9.72. The van der Waals surface area contributed by atoms with Gasteiger partial charge < -0.3 is 0 Å². The summed E-state index contributed by atoms with van der Waals surface area (Å²) in [6, 6.07) is 0. The van der Waals surface area contributed by atoms with Gasteiger partial charge in [0.05, 0.1) is 0 Å². The average Bonchev–Trinajstić information content (AvgIpc) is 1.61. The van der Waals surface area contributed by atoms with Gasteiger partial charge in [0.2, 0.25) is 5.75 Å². The van der Waals surface area contributed by atoms with Crippen molar-refractivity contribution in [3.8, 4) is 0 Å². The molecule has 1 unspecified atom stereocenters. The smallest absolute Gasteiger partial charge is 0.0623 e. The third kappa shape index (κ3) is 6.02. The molecule has 0 bridgehead atoms. The molecule has 0 aromatic carbocycles. The lowest BCUT2D eigenvalue weighted by Gasteiger charge is -1.90. The van der Waals surface area contributed by atoms with E-state index in [1.807, 2.05) is 6.92 Å².